The number of guanidine groups is 1. The smallest absolute Gasteiger partial charge is 0.191 e. The first kappa shape index (κ1) is 10.5. The van der Waals surface area contributed by atoms with Crippen molar-refractivity contribution in [1.82, 2.24) is 4.90 Å². The van der Waals surface area contributed by atoms with Crippen LogP contribution in [0.5, 0.6) is 0 Å². The molecule has 1 aliphatic rings. The van der Waals surface area contributed by atoms with Gasteiger partial charge in [-0.3, -0.25) is 9.20 Å². The van der Waals surface area contributed by atoms with Gasteiger partial charge < -0.3 is 10.6 Å². The van der Waals surface area contributed by atoms with E-state index in [2.05, 4.69) is 11.9 Å². The summed E-state index contributed by atoms with van der Waals surface area (Å²) in [4.78, 5) is 6.22. The van der Waals surface area contributed by atoms with Crippen molar-refractivity contribution in [3.8, 4) is 0 Å². The molecule has 1 fully saturated rings. The molecule has 1 heterocycles. The summed E-state index contributed by atoms with van der Waals surface area (Å²) in [6.45, 7) is 4.42. The highest BCUT2D eigenvalue weighted by Crippen LogP contribution is 1.99. The Labute approximate surface area is 81.7 Å². The molecule has 0 aromatic heterocycles. The molecule has 0 aliphatic carbocycles. The van der Waals surface area contributed by atoms with Gasteiger partial charge in [0.25, 0.3) is 0 Å². The van der Waals surface area contributed by atoms with E-state index in [1.807, 2.05) is 4.90 Å². The van der Waals surface area contributed by atoms with Crippen LogP contribution in [0.2, 0.25) is 0 Å². The van der Waals surface area contributed by atoms with Crippen LogP contribution in [0.4, 0.5) is 0 Å². The van der Waals surface area contributed by atoms with Crippen molar-refractivity contribution in [2.24, 2.45) is 10.7 Å². The lowest BCUT2D eigenvalue weighted by Crippen LogP contribution is -2.45. The predicted octanol–water partition coefficient (Wildman–Crippen LogP) is -0.225. The molecule has 0 spiro atoms. The molecule has 13 heavy (non-hydrogen) atoms. The molecular formula is C8H17N3OS. The highest BCUT2D eigenvalue weighted by atomic mass is 32.2. The molecule has 2 N–H and O–H groups in total. The van der Waals surface area contributed by atoms with Crippen LogP contribution in [0.3, 0.4) is 0 Å². The summed E-state index contributed by atoms with van der Waals surface area (Å²) in [5, 5.41) is 0. The molecule has 0 saturated carbocycles. The van der Waals surface area contributed by atoms with Crippen molar-refractivity contribution in [3.63, 3.8) is 0 Å². The third-order valence-electron chi connectivity index (χ3n) is 2.00. The van der Waals surface area contributed by atoms with Crippen molar-refractivity contribution >= 4 is 16.8 Å². The van der Waals surface area contributed by atoms with Crippen LogP contribution >= 0.6 is 0 Å². The first-order valence-electron chi connectivity index (χ1n) is 4.64. The average molecular weight is 203 g/mol. The molecule has 0 atom stereocenters. The lowest BCUT2D eigenvalue weighted by atomic mass is 10.5. The van der Waals surface area contributed by atoms with Gasteiger partial charge >= 0.3 is 0 Å². The second-order valence-electron chi connectivity index (χ2n) is 3.08. The Balaban J connectivity index is 2.39. The molecule has 5 heteroatoms. The minimum Gasteiger partial charge on any atom is -0.370 e. The zero-order chi connectivity index (χ0) is 9.68. The van der Waals surface area contributed by atoms with Crippen LogP contribution in [-0.2, 0) is 10.8 Å². The van der Waals surface area contributed by atoms with Crippen LogP contribution in [0.15, 0.2) is 4.99 Å². The highest BCUT2D eigenvalue weighted by molar-refractivity contribution is 7.85. The largest absolute Gasteiger partial charge is 0.370 e. The number of rotatable bonds is 2. The second-order valence-corrected chi connectivity index (χ2v) is 4.77. The normalized spacial score (nSPS) is 20.7. The summed E-state index contributed by atoms with van der Waals surface area (Å²) in [5.74, 6) is 2.06. The zero-order valence-corrected chi connectivity index (χ0v) is 8.85. The van der Waals surface area contributed by atoms with Gasteiger partial charge in [-0.05, 0) is 6.42 Å². The first-order chi connectivity index (χ1) is 6.24. The van der Waals surface area contributed by atoms with E-state index in [9.17, 15) is 4.21 Å². The van der Waals surface area contributed by atoms with Gasteiger partial charge in [0.05, 0.1) is 0 Å². The maximum absolute atomic E-state index is 11.0. The van der Waals surface area contributed by atoms with Crippen LogP contribution in [-0.4, -0.2) is 46.2 Å². The zero-order valence-electron chi connectivity index (χ0n) is 8.03. The summed E-state index contributed by atoms with van der Waals surface area (Å²) < 4.78 is 11.0. The van der Waals surface area contributed by atoms with Crippen LogP contribution < -0.4 is 5.73 Å². The fourth-order valence-corrected chi connectivity index (χ4v) is 2.25. The van der Waals surface area contributed by atoms with Crippen LogP contribution in [0.25, 0.3) is 0 Å². The Morgan fingerprint density at radius 2 is 2.15 bits per heavy atom. The van der Waals surface area contributed by atoms with E-state index in [4.69, 9.17) is 5.73 Å². The van der Waals surface area contributed by atoms with Crippen molar-refractivity contribution in [2.45, 2.75) is 13.3 Å². The molecule has 76 valence electrons. The van der Waals surface area contributed by atoms with Gasteiger partial charge in [-0.25, -0.2) is 0 Å². The molecule has 4 nitrogen and oxygen atoms in total. The number of nitrogens with zero attached hydrogens (tertiary/aromatic N) is 2. The number of nitrogens with two attached hydrogens (primary N) is 1. The number of aliphatic imine (C=N–C) groups is 1. The third kappa shape index (κ3) is 3.34. The summed E-state index contributed by atoms with van der Waals surface area (Å²) in [5.41, 5.74) is 5.76. The average Bonchev–Trinajstić information content (AvgIpc) is 2.15. The fraction of sp³-hybridized carbons (Fsp3) is 0.875. The molecule has 0 aromatic carbocycles. The fourth-order valence-electron chi connectivity index (χ4n) is 1.19. The molecule has 0 bridgehead atoms. The van der Waals surface area contributed by atoms with Crippen molar-refractivity contribution in [2.75, 3.05) is 31.1 Å². The SMILES string of the molecule is CCCN=C(N)N1CCS(=O)CC1. The molecule has 1 saturated heterocycles. The Morgan fingerprint density at radius 3 is 2.69 bits per heavy atom. The predicted molar refractivity (Wildman–Crippen MR) is 56.2 cm³/mol. The maximum atomic E-state index is 11.0. The topological polar surface area (TPSA) is 58.7 Å². The molecule has 0 aromatic rings. The summed E-state index contributed by atoms with van der Waals surface area (Å²) in [6.07, 6.45) is 1.01. The van der Waals surface area contributed by atoms with Gasteiger partial charge in [0.2, 0.25) is 0 Å². The van der Waals surface area contributed by atoms with Crippen molar-refractivity contribution in [3.05, 3.63) is 0 Å². The quantitative estimate of drug-likeness (QED) is 0.498. The van der Waals surface area contributed by atoms with Gasteiger partial charge in [0.15, 0.2) is 5.96 Å². The van der Waals surface area contributed by atoms with Gasteiger partial charge in [0.1, 0.15) is 0 Å². The van der Waals surface area contributed by atoms with E-state index in [1.54, 1.807) is 0 Å². The van der Waals surface area contributed by atoms with Gasteiger partial charge in [0, 0.05) is 41.9 Å². The summed E-state index contributed by atoms with van der Waals surface area (Å²) in [7, 11) is -0.635. The van der Waals surface area contributed by atoms with Crippen molar-refractivity contribution in [1.29, 1.82) is 0 Å². The molecule has 1 aliphatic heterocycles. The van der Waals surface area contributed by atoms with Crippen LogP contribution in [0, 0.1) is 0 Å². The lowest BCUT2D eigenvalue weighted by Gasteiger charge is -2.27. The minimum atomic E-state index is -0.635. The molecule has 0 radical (unpaired) electrons. The standard InChI is InChI=1S/C8H17N3OS/c1-2-3-10-8(9)11-4-6-13(12)7-5-11/h2-7H2,1H3,(H2,9,10). The van der Waals surface area contributed by atoms with E-state index in [0.717, 1.165) is 37.6 Å². The van der Waals surface area contributed by atoms with E-state index in [1.165, 1.54) is 0 Å². The number of hydrogen-bond acceptors (Lipinski definition) is 2. The van der Waals surface area contributed by atoms with E-state index < -0.39 is 10.8 Å². The third-order valence-corrected chi connectivity index (χ3v) is 3.27. The maximum Gasteiger partial charge on any atom is 0.191 e. The van der Waals surface area contributed by atoms with Gasteiger partial charge in [-0.15, -0.1) is 0 Å². The summed E-state index contributed by atoms with van der Waals surface area (Å²) in [6, 6.07) is 0. The Kier molecular flexibility index (Phi) is 4.21. The number of hydrogen-bond donors (Lipinski definition) is 1. The van der Waals surface area contributed by atoms with E-state index in [-0.39, 0.29) is 0 Å². The molecule has 1 rings (SSSR count). The Morgan fingerprint density at radius 1 is 1.54 bits per heavy atom. The summed E-state index contributed by atoms with van der Waals surface area (Å²) >= 11 is 0. The van der Waals surface area contributed by atoms with Gasteiger partial charge in [-0.2, -0.15) is 0 Å². The molecule has 0 amide bonds. The van der Waals surface area contributed by atoms with E-state index >= 15 is 0 Å². The molecular weight excluding hydrogens is 186 g/mol. The lowest BCUT2D eigenvalue weighted by molar-refractivity contribution is 0.448. The Hall–Kier alpha value is -0.580. The molecule has 0 unspecified atom stereocenters. The highest BCUT2D eigenvalue weighted by Gasteiger charge is 2.15. The minimum absolute atomic E-state index is 0.610. The monoisotopic (exact) mass is 203 g/mol. The van der Waals surface area contributed by atoms with E-state index in [0.29, 0.717) is 5.96 Å². The first-order valence-corrected chi connectivity index (χ1v) is 6.12. The van der Waals surface area contributed by atoms with Gasteiger partial charge in [-0.1, -0.05) is 6.92 Å². The Bertz CT molecular complexity index is 207. The second kappa shape index (κ2) is 5.21. The van der Waals surface area contributed by atoms with Crippen LogP contribution in [0.1, 0.15) is 13.3 Å². The van der Waals surface area contributed by atoms with Crippen molar-refractivity contribution < 1.29 is 4.21 Å².